The van der Waals surface area contributed by atoms with Crippen LogP contribution in [0.4, 0.5) is 0 Å². The van der Waals surface area contributed by atoms with Gasteiger partial charge in [0.25, 0.3) is 0 Å². The standard InChI is InChI=1S/C14H22N2O/c1-2-17-14-9-12(10-14)8-13(15)7-11-3-5-16-6-4-11/h3-6,12-14H,2,7-10,15H2,1H3. The number of aromatic nitrogens is 1. The minimum atomic E-state index is 0.268. The molecule has 2 N–H and O–H groups in total. The molecule has 0 bridgehead atoms. The average molecular weight is 234 g/mol. The molecule has 1 aromatic rings. The first-order valence-corrected chi connectivity index (χ1v) is 6.54. The van der Waals surface area contributed by atoms with Gasteiger partial charge in [0, 0.05) is 25.0 Å². The molecule has 3 nitrogen and oxygen atoms in total. The highest BCUT2D eigenvalue weighted by atomic mass is 16.5. The minimum absolute atomic E-state index is 0.268. The van der Waals surface area contributed by atoms with Gasteiger partial charge >= 0.3 is 0 Å². The molecular weight excluding hydrogens is 212 g/mol. The van der Waals surface area contributed by atoms with Crippen LogP contribution >= 0.6 is 0 Å². The Kier molecular flexibility index (Phi) is 4.51. The molecule has 0 amide bonds. The van der Waals surface area contributed by atoms with Crippen LogP contribution < -0.4 is 5.73 Å². The van der Waals surface area contributed by atoms with Gasteiger partial charge in [-0.1, -0.05) is 0 Å². The third-order valence-electron chi connectivity index (χ3n) is 3.48. The Hall–Kier alpha value is -0.930. The van der Waals surface area contributed by atoms with E-state index in [-0.39, 0.29) is 6.04 Å². The Morgan fingerprint density at radius 3 is 2.76 bits per heavy atom. The van der Waals surface area contributed by atoms with Gasteiger partial charge in [0.2, 0.25) is 0 Å². The molecule has 1 fully saturated rings. The zero-order chi connectivity index (χ0) is 12.1. The average Bonchev–Trinajstić information content (AvgIpc) is 2.27. The Morgan fingerprint density at radius 1 is 1.41 bits per heavy atom. The molecule has 94 valence electrons. The van der Waals surface area contributed by atoms with Crippen LogP contribution in [-0.2, 0) is 11.2 Å². The lowest BCUT2D eigenvalue weighted by Gasteiger charge is -2.36. The van der Waals surface area contributed by atoms with Gasteiger partial charge in [-0.05, 0) is 56.2 Å². The maximum atomic E-state index is 6.17. The van der Waals surface area contributed by atoms with Crippen molar-refractivity contribution >= 4 is 0 Å². The SMILES string of the molecule is CCOC1CC(CC(N)Cc2ccncc2)C1. The summed E-state index contributed by atoms with van der Waals surface area (Å²) in [6.07, 6.45) is 8.62. The maximum Gasteiger partial charge on any atom is 0.0580 e. The predicted octanol–water partition coefficient (Wildman–Crippen LogP) is 2.16. The van der Waals surface area contributed by atoms with Crippen molar-refractivity contribution in [1.29, 1.82) is 0 Å². The summed E-state index contributed by atoms with van der Waals surface area (Å²) in [6.45, 7) is 2.89. The van der Waals surface area contributed by atoms with Gasteiger partial charge in [-0.15, -0.1) is 0 Å². The third kappa shape index (κ3) is 3.79. The van der Waals surface area contributed by atoms with E-state index in [0.717, 1.165) is 25.4 Å². The number of pyridine rings is 1. The quantitative estimate of drug-likeness (QED) is 0.820. The van der Waals surface area contributed by atoms with Crippen molar-refractivity contribution in [3.63, 3.8) is 0 Å². The minimum Gasteiger partial charge on any atom is -0.378 e. The van der Waals surface area contributed by atoms with E-state index in [9.17, 15) is 0 Å². The van der Waals surface area contributed by atoms with Gasteiger partial charge in [-0.3, -0.25) is 4.98 Å². The van der Waals surface area contributed by atoms with Crippen molar-refractivity contribution in [2.75, 3.05) is 6.61 Å². The molecule has 1 aliphatic rings. The topological polar surface area (TPSA) is 48.1 Å². The van der Waals surface area contributed by atoms with Gasteiger partial charge in [-0.25, -0.2) is 0 Å². The highest BCUT2D eigenvalue weighted by Gasteiger charge is 2.30. The molecule has 0 saturated heterocycles. The number of nitrogens with two attached hydrogens (primary N) is 1. The summed E-state index contributed by atoms with van der Waals surface area (Å²) in [5, 5.41) is 0. The first-order chi connectivity index (χ1) is 8.28. The smallest absolute Gasteiger partial charge is 0.0580 e. The molecule has 3 heteroatoms. The molecule has 2 rings (SSSR count). The molecule has 0 aliphatic heterocycles. The van der Waals surface area contributed by atoms with Crippen molar-refractivity contribution < 1.29 is 4.74 Å². The Morgan fingerprint density at radius 2 is 2.12 bits per heavy atom. The molecule has 17 heavy (non-hydrogen) atoms. The zero-order valence-electron chi connectivity index (χ0n) is 10.5. The first kappa shape index (κ1) is 12.5. The van der Waals surface area contributed by atoms with Crippen LogP contribution in [0.3, 0.4) is 0 Å². The van der Waals surface area contributed by atoms with Crippen molar-refractivity contribution in [3.05, 3.63) is 30.1 Å². The molecule has 0 radical (unpaired) electrons. The van der Waals surface area contributed by atoms with Crippen LogP contribution in [0.25, 0.3) is 0 Å². The largest absolute Gasteiger partial charge is 0.378 e. The summed E-state index contributed by atoms with van der Waals surface area (Å²) in [6, 6.07) is 4.36. The van der Waals surface area contributed by atoms with E-state index in [2.05, 4.69) is 11.9 Å². The van der Waals surface area contributed by atoms with E-state index in [1.807, 2.05) is 24.5 Å². The second kappa shape index (κ2) is 6.12. The van der Waals surface area contributed by atoms with Crippen LogP contribution in [0.15, 0.2) is 24.5 Å². The molecule has 1 atom stereocenters. The first-order valence-electron chi connectivity index (χ1n) is 6.54. The summed E-state index contributed by atoms with van der Waals surface area (Å²) in [4.78, 5) is 4.01. The second-order valence-electron chi connectivity index (χ2n) is 4.97. The lowest BCUT2D eigenvalue weighted by molar-refractivity contribution is -0.0280. The van der Waals surface area contributed by atoms with E-state index in [1.54, 1.807) is 0 Å². The molecular formula is C14H22N2O. The van der Waals surface area contributed by atoms with E-state index >= 15 is 0 Å². The molecule has 0 aromatic carbocycles. The number of hydrogen-bond acceptors (Lipinski definition) is 3. The Balaban J connectivity index is 1.67. The van der Waals surface area contributed by atoms with E-state index in [1.165, 1.54) is 18.4 Å². The summed E-state index contributed by atoms with van der Waals surface area (Å²) >= 11 is 0. The van der Waals surface area contributed by atoms with E-state index in [4.69, 9.17) is 10.5 Å². The van der Waals surface area contributed by atoms with Crippen LogP contribution in [-0.4, -0.2) is 23.7 Å². The van der Waals surface area contributed by atoms with Gasteiger partial charge in [0.15, 0.2) is 0 Å². The fourth-order valence-corrected chi connectivity index (χ4v) is 2.57. The van der Waals surface area contributed by atoms with Crippen LogP contribution in [0.2, 0.25) is 0 Å². The third-order valence-corrected chi connectivity index (χ3v) is 3.48. The molecule has 1 heterocycles. The number of hydrogen-bond donors (Lipinski definition) is 1. The monoisotopic (exact) mass is 234 g/mol. The summed E-state index contributed by atoms with van der Waals surface area (Å²) in [7, 11) is 0. The lowest BCUT2D eigenvalue weighted by atomic mass is 9.77. The Bertz CT molecular complexity index is 322. The van der Waals surface area contributed by atoms with Gasteiger partial charge in [0.05, 0.1) is 6.10 Å². The predicted molar refractivity (Wildman–Crippen MR) is 68.7 cm³/mol. The normalized spacial score (nSPS) is 25.3. The van der Waals surface area contributed by atoms with Crippen LogP contribution in [0.5, 0.6) is 0 Å². The summed E-state index contributed by atoms with van der Waals surface area (Å²) in [5.41, 5.74) is 7.46. The van der Waals surface area contributed by atoms with Crippen molar-refractivity contribution in [2.45, 2.75) is 44.8 Å². The lowest BCUT2D eigenvalue weighted by Crippen LogP contribution is -2.36. The van der Waals surface area contributed by atoms with Crippen LogP contribution in [0, 0.1) is 5.92 Å². The second-order valence-corrected chi connectivity index (χ2v) is 4.97. The van der Waals surface area contributed by atoms with Crippen molar-refractivity contribution in [3.8, 4) is 0 Å². The fraction of sp³-hybridized carbons (Fsp3) is 0.643. The summed E-state index contributed by atoms with van der Waals surface area (Å²) in [5.74, 6) is 0.767. The fourth-order valence-electron chi connectivity index (χ4n) is 2.57. The summed E-state index contributed by atoms with van der Waals surface area (Å²) < 4.78 is 5.56. The Labute approximate surface area is 103 Å². The number of rotatable bonds is 6. The molecule has 1 saturated carbocycles. The highest BCUT2D eigenvalue weighted by molar-refractivity contribution is 5.11. The molecule has 1 unspecified atom stereocenters. The number of nitrogens with zero attached hydrogens (tertiary/aromatic N) is 1. The van der Waals surface area contributed by atoms with Crippen LogP contribution in [0.1, 0.15) is 31.7 Å². The zero-order valence-corrected chi connectivity index (χ0v) is 10.5. The van der Waals surface area contributed by atoms with Gasteiger partial charge in [-0.2, -0.15) is 0 Å². The number of ether oxygens (including phenoxy) is 1. The molecule has 0 spiro atoms. The molecule has 1 aromatic heterocycles. The van der Waals surface area contributed by atoms with Crippen molar-refractivity contribution in [2.24, 2.45) is 11.7 Å². The van der Waals surface area contributed by atoms with Gasteiger partial charge in [0.1, 0.15) is 0 Å². The molecule has 1 aliphatic carbocycles. The highest BCUT2D eigenvalue weighted by Crippen LogP contribution is 2.33. The van der Waals surface area contributed by atoms with E-state index < -0.39 is 0 Å². The van der Waals surface area contributed by atoms with Gasteiger partial charge < -0.3 is 10.5 Å². The van der Waals surface area contributed by atoms with Crippen molar-refractivity contribution in [1.82, 2.24) is 4.98 Å². The maximum absolute atomic E-state index is 6.17. The van der Waals surface area contributed by atoms with E-state index in [0.29, 0.717) is 6.10 Å².